The van der Waals surface area contributed by atoms with E-state index in [0.717, 1.165) is 24.8 Å². The maximum absolute atomic E-state index is 5.71. The lowest BCUT2D eigenvalue weighted by Gasteiger charge is -2.22. The monoisotopic (exact) mass is 232 g/mol. The number of rotatable bonds is 3. The Hall–Kier alpha value is -1.02. The molecule has 1 heterocycles. The van der Waals surface area contributed by atoms with E-state index < -0.39 is 0 Å². The molecule has 94 valence electrons. The molecule has 0 radical (unpaired) electrons. The van der Waals surface area contributed by atoms with Gasteiger partial charge in [0.2, 0.25) is 0 Å². The standard InChI is InChI=1S/C15H24N2/c1-11-4-5-15(14(8-11)6-7-16)17-9-12(2)13(3)10-17/h4-5,8,12-13H,6-7,9-10,16H2,1-3H3. The summed E-state index contributed by atoms with van der Waals surface area (Å²) in [5, 5.41) is 0. The van der Waals surface area contributed by atoms with Crippen LogP contribution in [0.2, 0.25) is 0 Å². The van der Waals surface area contributed by atoms with Crippen LogP contribution in [0.3, 0.4) is 0 Å². The lowest BCUT2D eigenvalue weighted by molar-refractivity contribution is 0.494. The Balaban J connectivity index is 2.25. The fraction of sp³-hybridized carbons (Fsp3) is 0.600. The Morgan fingerprint density at radius 3 is 2.47 bits per heavy atom. The van der Waals surface area contributed by atoms with Gasteiger partial charge in [-0.3, -0.25) is 0 Å². The highest BCUT2D eigenvalue weighted by atomic mass is 15.2. The van der Waals surface area contributed by atoms with Crippen molar-refractivity contribution in [2.45, 2.75) is 27.2 Å². The fourth-order valence-corrected chi connectivity index (χ4v) is 2.70. The van der Waals surface area contributed by atoms with E-state index in [0.29, 0.717) is 0 Å². The van der Waals surface area contributed by atoms with Crippen molar-refractivity contribution in [1.82, 2.24) is 0 Å². The molecule has 0 spiro atoms. The highest BCUT2D eigenvalue weighted by molar-refractivity contribution is 5.56. The van der Waals surface area contributed by atoms with Crippen molar-refractivity contribution >= 4 is 5.69 Å². The molecule has 0 bridgehead atoms. The van der Waals surface area contributed by atoms with Crippen LogP contribution in [0, 0.1) is 18.8 Å². The average Bonchev–Trinajstić information content (AvgIpc) is 2.60. The summed E-state index contributed by atoms with van der Waals surface area (Å²) >= 11 is 0. The molecule has 17 heavy (non-hydrogen) atoms. The lowest BCUT2D eigenvalue weighted by Crippen LogP contribution is -2.21. The summed E-state index contributed by atoms with van der Waals surface area (Å²) in [6.45, 7) is 9.95. The summed E-state index contributed by atoms with van der Waals surface area (Å²) < 4.78 is 0. The SMILES string of the molecule is Cc1ccc(N2CC(C)C(C)C2)c(CCN)c1. The average molecular weight is 232 g/mol. The summed E-state index contributed by atoms with van der Waals surface area (Å²) in [6, 6.07) is 6.77. The van der Waals surface area contributed by atoms with Crippen molar-refractivity contribution < 1.29 is 0 Å². The molecule has 2 atom stereocenters. The predicted octanol–water partition coefficient (Wildman–Crippen LogP) is 2.59. The summed E-state index contributed by atoms with van der Waals surface area (Å²) in [5.41, 5.74) is 9.86. The highest BCUT2D eigenvalue weighted by Crippen LogP contribution is 2.30. The van der Waals surface area contributed by atoms with E-state index in [1.54, 1.807) is 0 Å². The van der Waals surface area contributed by atoms with Crippen LogP contribution in [0.4, 0.5) is 5.69 Å². The molecular formula is C15H24N2. The topological polar surface area (TPSA) is 29.3 Å². The Morgan fingerprint density at radius 1 is 1.24 bits per heavy atom. The Bertz CT molecular complexity index is 377. The first-order valence-corrected chi connectivity index (χ1v) is 6.66. The van der Waals surface area contributed by atoms with Crippen molar-refractivity contribution in [3.63, 3.8) is 0 Å². The van der Waals surface area contributed by atoms with E-state index in [9.17, 15) is 0 Å². The van der Waals surface area contributed by atoms with E-state index in [1.165, 1.54) is 29.9 Å². The van der Waals surface area contributed by atoms with Gasteiger partial charge in [-0.05, 0) is 43.4 Å². The Kier molecular flexibility index (Phi) is 3.72. The second-order valence-electron chi connectivity index (χ2n) is 5.53. The largest absolute Gasteiger partial charge is 0.371 e. The lowest BCUT2D eigenvalue weighted by atomic mass is 10.0. The van der Waals surface area contributed by atoms with Gasteiger partial charge >= 0.3 is 0 Å². The number of nitrogens with two attached hydrogens (primary N) is 1. The predicted molar refractivity (Wildman–Crippen MR) is 74.5 cm³/mol. The van der Waals surface area contributed by atoms with E-state index in [-0.39, 0.29) is 0 Å². The first-order valence-electron chi connectivity index (χ1n) is 6.66. The Labute approximate surface area is 105 Å². The number of benzene rings is 1. The zero-order valence-corrected chi connectivity index (χ0v) is 11.2. The van der Waals surface area contributed by atoms with Crippen LogP contribution in [-0.2, 0) is 6.42 Å². The smallest absolute Gasteiger partial charge is 0.0399 e. The second-order valence-corrected chi connectivity index (χ2v) is 5.53. The number of hydrogen-bond acceptors (Lipinski definition) is 2. The van der Waals surface area contributed by atoms with Gasteiger partial charge in [0.25, 0.3) is 0 Å². The minimum atomic E-state index is 0.732. The van der Waals surface area contributed by atoms with Crippen LogP contribution in [0.5, 0.6) is 0 Å². The molecule has 1 aliphatic rings. The first-order chi connectivity index (χ1) is 8.11. The van der Waals surface area contributed by atoms with Gasteiger partial charge in [-0.1, -0.05) is 31.5 Å². The van der Waals surface area contributed by atoms with Gasteiger partial charge in [-0.25, -0.2) is 0 Å². The van der Waals surface area contributed by atoms with Crippen LogP contribution < -0.4 is 10.6 Å². The number of hydrogen-bond donors (Lipinski definition) is 1. The third kappa shape index (κ3) is 2.63. The van der Waals surface area contributed by atoms with Crippen LogP contribution in [0.15, 0.2) is 18.2 Å². The minimum absolute atomic E-state index is 0.732. The number of nitrogens with zero attached hydrogens (tertiary/aromatic N) is 1. The molecule has 1 aromatic carbocycles. The molecule has 0 saturated carbocycles. The quantitative estimate of drug-likeness (QED) is 0.868. The summed E-state index contributed by atoms with van der Waals surface area (Å²) in [6.07, 6.45) is 0.982. The summed E-state index contributed by atoms with van der Waals surface area (Å²) in [7, 11) is 0. The molecule has 2 rings (SSSR count). The van der Waals surface area contributed by atoms with Crippen LogP contribution in [-0.4, -0.2) is 19.6 Å². The van der Waals surface area contributed by atoms with E-state index >= 15 is 0 Å². The third-order valence-electron chi connectivity index (χ3n) is 3.98. The second kappa shape index (κ2) is 5.09. The molecule has 1 aliphatic heterocycles. The maximum atomic E-state index is 5.71. The summed E-state index contributed by atoms with van der Waals surface area (Å²) in [5.74, 6) is 1.59. The normalized spacial score (nSPS) is 24.4. The highest BCUT2D eigenvalue weighted by Gasteiger charge is 2.27. The van der Waals surface area contributed by atoms with Gasteiger partial charge in [0.1, 0.15) is 0 Å². The fourth-order valence-electron chi connectivity index (χ4n) is 2.70. The van der Waals surface area contributed by atoms with Crippen LogP contribution in [0.25, 0.3) is 0 Å². The first kappa shape index (κ1) is 12.4. The molecular weight excluding hydrogens is 208 g/mol. The van der Waals surface area contributed by atoms with Gasteiger partial charge in [0.05, 0.1) is 0 Å². The van der Waals surface area contributed by atoms with Crippen molar-refractivity contribution in [3.05, 3.63) is 29.3 Å². The van der Waals surface area contributed by atoms with Crippen LogP contribution in [0.1, 0.15) is 25.0 Å². The van der Waals surface area contributed by atoms with Gasteiger partial charge in [-0.15, -0.1) is 0 Å². The molecule has 1 saturated heterocycles. The molecule has 0 amide bonds. The molecule has 1 fully saturated rings. The zero-order valence-electron chi connectivity index (χ0n) is 11.2. The zero-order chi connectivity index (χ0) is 12.4. The van der Waals surface area contributed by atoms with Crippen molar-refractivity contribution in [3.8, 4) is 0 Å². The van der Waals surface area contributed by atoms with Gasteiger partial charge < -0.3 is 10.6 Å². The van der Waals surface area contributed by atoms with E-state index in [4.69, 9.17) is 5.73 Å². The summed E-state index contributed by atoms with van der Waals surface area (Å²) in [4.78, 5) is 2.53. The van der Waals surface area contributed by atoms with E-state index in [2.05, 4.69) is 43.9 Å². The minimum Gasteiger partial charge on any atom is -0.371 e. The van der Waals surface area contributed by atoms with Crippen molar-refractivity contribution in [1.29, 1.82) is 0 Å². The van der Waals surface area contributed by atoms with Gasteiger partial charge in [-0.2, -0.15) is 0 Å². The molecule has 2 nitrogen and oxygen atoms in total. The molecule has 2 N–H and O–H groups in total. The van der Waals surface area contributed by atoms with Crippen molar-refractivity contribution in [2.75, 3.05) is 24.5 Å². The van der Waals surface area contributed by atoms with Gasteiger partial charge in [0, 0.05) is 18.8 Å². The molecule has 2 heteroatoms. The molecule has 0 aliphatic carbocycles. The molecule has 2 unspecified atom stereocenters. The van der Waals surface area contributed by atoms with Crippen molar-refractivity contribution in [2.24, 2.45) is 17.6 Å². The molecule has 1 aromatic rings. The third-order valence-corrected chi connectivity index (χ3v) is 3.98. The Morgan fingerprint density at radius 2 is 1.88 bits per heavy atom. The van der Waals surface area contributed by atoms with Crippen LogP contribution >= 0.6 is 0 Å². The van der Waals surface area contributed by atoms with E-state index in [1.807, 2.05) is 0 Å². The number of anilines is 1. The maximum Gasteiger partial charge on any atom is 0.0399 e. The molecule has 0 aromatic heterocycles. The van der Waals surface area contributed by atoms with Gasteiger partial charge in [0.15, 0.2) is 0 Å². The number of aryl methyl sites for hydroxylation is 1.